The summed E-state index contributed by atoms with van der Waals surface area (Å²) in [5.74, 6) is 1.62. The molecule has 0 aromatic carbocycles. The van der Waals surface area contributed by atoms with E-state index < -0.39 is 0 Å². The SMILES string of the molecule is CCC1CCC(N(C)CCC2CCCC2(CO)NC)CC1. The minimum atomic E-state index is 0.000705. The summed E-state index contributed by atoms with van der Waals surface area (Å²) >= 11 is 0. The fraction of sp³-hybridized carbons (Fsp3) is 1.00. The van der Waals surface area contributed by atoms with Crippen LogP contribution in [-0.4, -0.2) is 48.8 Å². The number of nitrogens with zero attached hydrogens (tertiary/aromatic N) is 1. The zero-order valence-corrected chi connectivity index (χ0v) is 14.4. The number of hydrogen-bond acceptors (Lipinski definition) is 3. The normalized spacial score (nSPS) is 37.3. The van der Waals surface area contributed by atoms with Crippen molar-refractivity contribution in [2.24, 2.45) is 11.8 Å². The smallest absolute Gasteiger partial charge is 0.0615 e. The third kappa shape index (κ3) is 4.00. The Labute approximate surface area is 131 Å². The maximum atomic E-state index is 9.78. The van der Waals surface area contributed by atoms with E-state index in [0.29, 0.717) is 12.5 Å². The third-order valence-corrected chi connectivity index (χ3v) is 6.58. The first-order valence-electron chi connectivity index (χ1n) is 9.15. The zero-order valence-electron chi connectivity index (χ0n) is 14.4. The van der Waals surface area contributed by atoms with Crippen LogP contribution in [-0.2, 0) is 0 Å². The van der Waals surface area contributed by atoms with E-state index in [1.807, 2.05) is 7.05 Å². The lowest BCUT2D eigenvalue weighted by Crippen LogP contribution is -2.50. The summed E-state index contributed by atoms with van der Waals surface area (Å²) in [6.07, 6.45) is 11.9. The molecule has 0 saturated heterocycles. The fourth-order valence-corrected chi connectivity index (χ4v) is 4.72. The number of aliphatic hydroxyl groups is 1. The molecule has 2 aliphatic carbocycles. The van der Waals surface area contributed by atoms with Gasteiger partial charge in [0.1, 0.15) is 0 Å². The zero-order chi connectivity index (χ0) is 15.3. The molecule has 2 N–H and O–H groups in total. The molecule has 124 valence electrons. The number of likely N-dealkylation sites (N-methyl/N-ethyl adjacent to an activating group) is 1. The molecule has 0 spiro atoms. The van der Waals surface area contributed by atoms with E-state index in [9.17, 15) is 5.11 Å². The molecule has 2 rings (SSSR count). The molecule has 0 bridgehead atoms. The summed E-state index contributed by atoms with van der Waals surface area (Å²) in [5.41, 5.74) is 0.000705. The highest BCUT2D eigenvalue weighted by atomic mass is 16.3. The lowest BCUT2D eigenvalue weighted by atomic mass is 9.83. The van der Waals surface area contributed by atoms with Gasteiger partial charge in [-0.3, -0.25) is 0 Å². The van der Waals surface area contributed by atoms with Crippen molar-refractivity contribution in [1.82, 2.24) is 10.2 Å². The number of nitrogens with one attached hydrogen (secondary N) is 1. The molecule has 3 nitrogen and oxygen atoms in total. The summed E-state index contributed by atoms with van der Waals surface area (Å²) in [6.45, 7) is 3.82. The molecule has 0 heterocycles. The predicted octanol–water partition coefficient (Wildman–Crippen LogP) is 3.03. The number of aliphatic hydroxyl groups excluding tert-OH is 1. The standard InChI is InChI=1S/C18H36N2O/c1-4-15-7-9-17(10-8-15)20(3)13-11-16-6-5-12-18(16,14-21)19-2/h15-17,19,21H,4-14H2,1-3H3. The largest absolute Gasteiger partial charge is 0.394 e. The maximum Gasteiger partial charge on any atom is 0.0615 e. The Morgan fingerprint density at radius 2 is 1.90 bits per heavy atom. The lowest BCUT2D eigenvalue weighted by Gasteiger charge is -2.37. The highest BCUT2D eigenvalue weighted by Crippen LogP contribution is 2.38. The second-order valence-corrected chi connectivity index (χ2v) is 7.51. The second-order valence-electron chi connectivity index (χ2n) is 7.51. The van der Waals surface area contributed by atoms with Crippen molar-refractivity contribution in [3.63, 3.8) is 0 Å². The molecule has 0 aromatic heterocycles. The highest BCUT2D eigenvalue weighted by molar-refractivity contribution is 4.98. The molecule has 2 aliphatic rings. The maximum absolute atomic E-state index is 9.78. The molecule has 2 atom stereocenters. The lowest BCUT2D eigenvalue weighted by molar-refractivity contribution is 0.107. The van der Waals surface area contributed by atoms with Gasteiger partial charge in [0.15, 0.2) is 0 Å². The van der Waals surface area contributed by atoms with E-state index in [1.165, 1.54) is 57.9 Å². The quantitative estimate of drug-likeness (QED) is 0.758. The molecular weight excluding hydrogens is 260 g/mol. The van der Waals surface area contributed by atoms with Crippen molar-refractivity contribution in [2.75, 3.05) is 27.2 Å². The molecular formula is C18H36N2O. The van der Waals surface area contributed by atoms with Crippen molar-refractivity contribution < 1.29 is 5.11 Å². The third-order valence-electron chi connectivity index (χ3n) is 6.58. The van der Waals surface area contributed by atoms with Crippen LogP contribution < -0.4 is 5.32 Å². The average Bonchev–Trinajstić information content (AvgIpc) is 2.96. The Balaban J connectivity index is 1.77. The highest BCUT2D eigenvalue weighted by Gasteiger charge is 2.40. The Bertz CT molecular complexity index is 296. The van der Waals surface area contributed by atoms with Gasteiger partial charge >= 0.3 is 0 Å². The Morgan fingerprint density at radius 3 is 2.48 bits per heavy atom. The molecule has 0 aliphatic heterocycles. The monoisotopic (exact) mass is 296 g/mol. The summed E-state index contributed by atoms with van der Waals surface area (Å²) < 4.78 is 0. The Kier molecular flexibility index (Phi) is 6.51. The molecule has 2 unspecified atom stereocenters. The molecule has 2 fully saturated rings. The summed E-state index contributed by atoms with van der Waals surface area (Å²) in [4.78, 5) is 2.60. The summed E-state index contributed by atoms with van der Waals surface area (Å²) in [5, 5.41) is 13.2. The average molecular weight is 296 g/mol. The molecule has 21 heavy (non-hydrogen) atoms. The summed E-state index contributed by atoms with van der Waals surface area (Å²) in [7, 11) is 4.33. The van der Waals surface area contributed by atoms with Crippen LogP contribution >= 0.6 is 0 Å². The van der Waals surface area contributed by atoms with Crippen LogP contribution in [0, 0.1) is 11.8 Å². The van der Waals surface area contributed by atoms with Gasteiger partial charge in [0, 0.05) is 11.6 Å². The van der Waals surface area contributed by atoms with Gasteiger partial charge in [0.2, 0.25) is 0 Å². The Hall–Kier alpha value is -0.120. The van der Waals surface area contributed by atoms with Gasteiger partial charge in [-0.05, 0) is 77.4 Å². The van der Waals surface area contributed by atoms with Gasteiger partial charge in [-0.1, -0.05) is 19.8 Å². The van der Waals surface area contributed by atoms with Gasteiger partial charge in [-0.25, -0.2) is 0 Å². The number of hydrogen-bond donors (Lipinski definition) is 2. The minimum absolute atomic E-state index is 0.000705. The first-order chi connectivity index (χ1) is 10.1. The van der Waals surface area contributed by atoms with Crippen LogP contribution in [0.25, 0.3) is 0 Å². The van der Waals surface area contributed by atoms with Crippen molar-refractivity contribution in [1.29, 1.82) is 0 Å². The van der Waals surface area contributed by atoms with Crippen LogP contribution in [0.3, 0.4) is 0 Å². The van der Waals surface area contributed by atoms with E-state index in [1.54, 1.807) is 0 Å². The van der Waals surface area contributed by atoms with E-state index in [4.69, 9.17) is 0 Å². The van der Waals surface area contributed by atoms with Crippen LogP contribution in [0.15, 0.2) is 0 Å². The fourth-order valence-electron chi connectivity index (χ4n) is 4.72. The van der Waals surface area contributed by atoms with Crippen LogP contribution in [0.1, 0.15) is 64.7 Å². The van der Waals surface area contributed by atoms with Crippen molar-refractivity contribution in [2.45, 2.75) is 76.3 Å². The second kappa shape index (κ2) is 7.94. The number of rotatable bonds is 7. The summed E-state index contributed by atoms with van der Waals surface area (Å²) in [6, 6.07) is 0.798. The van der Waals surface area contributed by atoms with Gasteiger partial charge in [0.25, 0.3) is 0 Å². The minimum Gasteiger partial charge on any atom is -0.394 e. The first-order valence-corrected chi connectivity index (χ1v) is 9.15. The van der Waals surface area contributed by atoms with Crippen molar-refractivity contribution in [3.05, 3.63) is 0 Å². The van der Waals surface area contributed by atoms with Crippen molar-refractivity contribution >= 4 is 0 Å². The van der Waals surface area contributed by atoms with Gasteiger partial charge in [-0.15, -0.1) is 0 Å². The van der Waals surface area contributed by atoms with Crippen LogP contribution in [0.5, 0.6) is 0 Å². The van der Waals surface area contributed by atoms with Gasteiger partial charge < -0.3 is 15.3 Å². The van der Waals surface area contributed by atoms with Crippen LogP contribution in [0.4, 0.5) is 0 Å². The molecule has 0 radical (unpaired) electrons. The molecule has 3 heteroatoms. The van der Waals surface area contributed by atoms with Gasteiger partial charge in [0.05, 0.1) is 6.61 Å². The molecule has 2 saturated carbocycles. The van der Waals surface area contributed by atoms with E-state index >= 15 is 0 Å². The van der Waals surface area contributed by atoms with Gasteiger partial charge in [-0.2, -0.15) is 0 Å². The van der Waals surface area contributed by atoms with Crippen molar-refractivity contribution in [3.8, 4) is 0 Å². The molecule has 0 amide bonds. The molecule has 0 aromatic rings. The van der Waals surface area contributed by atoms with E-state index in [0.717, 1.165) is 18.4 Å². The topological polar surface area (TPSA) is 35.5 Å². The first kappa shape index (κ1) is 17.2. The van der Waals surface area contributed by atoms with E-state index in [2.05, 4.69) is 24.2 Å². The van der Waals surface area contributed by atoms with E-state index in [-0.39, 0.29) is 5.54 Å². The Morgan fingerprint density at radius 1 is 1.19 bits per heavy atom. The predicted molar refractivity (Wildman–Crippen MR) is 89.5 cm³/mol. The van der Waals surface area contributed by atoms with Crippen LogP contribution in [0.2, 0.25) is 0 Å².